The zero-order chi connectivity index (χ0) is 13.0. The Morgan fingerprint density at radius 2 is 2.06 bits per heavy atom. The van der Waals surface area contributed by atoms with Crippen LogP contribution in [0.3, 0.4) is 0 Å². The van der Waals surface area contributed by atoms with Gasteiger partial charge in [0.15, 0.2) is 11.6 Å². The maximum Gasteiger partial charge on any atom is 0.237 e. The van der Waals surface area contributed by atoms with Gasteiger partial charge in [-0.3, -0.25) is 4.98 Å². The van der Waals surface area contributed by atoms with Gasteiger partial charge in [-0.15, -0.1) is 0 Å². The number of hydrogen-bond donors (Lipinski definition) is 1. The molecule has 6 heteroatoms. The third-order valence-corrected chi connectivity index (χ3v) is 2.15. The number of ether oxygens (including phenoxy) is 1. The zero-order valence-corrected chi connectivity index (χ0v) is 9.65. The fraction of sp³-hybridized carbons (Fsp3) is 0.167. The Labute approximate surface area is 103 Å². The Hall–Kier alpha value is -2.08. The van der Waals surface area contributed by atoms with E-state index in [9.17, 15) is 8.78 Å². The standard InChI is InChI=1S/C12H11F2N3O/c1-15-5-9-6-17-12(7-16-9)18-11-4-8(13)2-3-10(11)14/h2-4,6-7,15H,5H2,1H3. The molecule has 94 valence electrons. The average molecular weight is 251 g/mol. The molecule has 0 aliphatic heterocycles. The molecule has 2 rings (SSSR count). The van der Waals surface area contributed by atoms with Crippen molar-refractivity contribution in [2.45, 2.75) is 6.54 Å². The molecule has 0 saturated carbocycles. The van der Waals surface area contributed by atoms with Gasteiger partial charge in [-0.1, -0.05) is 0 Å². The molecule has 0 aliphatic carbocycles. The van der Waals surface area contributed by atoms with E-state index in [-0.39, 0.29) is 11.6 Å². The second-order valence-electron chi connectivity index (χ2n) is 3.55. The van der Waals surface area contributed by atoms with E-state index in [4.69, 9.17) is 4.74 Å². The second-order valence-corrected chi connectivity index (χ2v) is 3.55. The van der Waals surface area contributed by atoms with Gasteiger partial charge in [0.2, 0.25) is 5.88 Å². The number of rotatable bonds is 4. The van der Waals surface area contributed by atoms with Gasteiger partial charge in [0, 0.05) is 12.6 Å². The van der Waals surface area contributed by atoms with Crippen LogP contribution in [-0.2, 0) is 6.54 Å². The summed E-state index contributed by atoms with van der Waals surface area (Å²) in [5.41, 5.74) is 0.726. The maximum atomic E-state index is 13.3. The van der Waals surface area contributed by atoms with Crippen LogP contribution in [0.15, 0.2) is 30.6 Å². The van der Waals surface area contributed by atoms with E-state index in [1.165, 1.54) is 12.4 Å². The molecule has 0 atom stereocenters. The van der Waals surface area contributed by atoms with E-state index in [0.717, 1.165) is 23.9 Å². The SMILES string of the molecule is CNCc1cnc(Oc2cc(F)ccc2F)cn1. The van der Waals surface area contributed by atoms with E-state index < -0.39 is 11.6 Å². The van der Waals surface area contributed by atoms with Gasteiger partial charge in [-0.05, 0) is 19.2 Å². The fourth-order valence-electron chi connectivity index (χ4n) is 1.34. The molecule has 0 spiro atoms. The Kier molecular flexibility index (Phi) is 3.78. The van der Waals surface area contributed by atoms with E-state index in [1.54, 1.807) is 7.05 Å². The lowest BCUT2D eigenvalue weighted by Gasteiger charge is -2.06. The molecular formula is C12H11F2N3O. The minimum atomic E-state index is -0.655. The highest BCUT2D eigenvalue weighted by molar-refractivity contribution is 5.28. The predicted octanol–water partition coefficient (Wildman–Crippen LogP) is 2.27. The summed E-state index contributed by atoms with van der Waals surface area (Å²) >= 11 is 0. The second kappa shape index (κ2) is 5.50. The molecule has 0 radical (unpaired) electrons. The van der Waals surface area contributed by atoms with Crippen LogP contribution >= 0.6 is 0 Å². The minimum Gasteiger partial charge on any atom is -0.434 e. The lowest BCUT2D eigenvalue weighted by Crippen LogP contribution is -2.07. The van der Waals surface area contributed by atoms with Crippen molar-refractivity contribution in [3.63, 3.8) is 0 Å². The first-order chi connectivity index (χ1) is 8.69. The number of nitrogens with one attached hydrogen (secondary N) is 1. The molecule has 1 N–H and O–H groups in total. The summed E-state index contributed by atoms with van der Waals surface area (Å²) in [6, 6.07) is 2.97. The van der Waals surface area contributed by atoms with Crippen molar-refractivity contribution < 1.29 is 13.5 Å². The molecule has 1 aromatic carbocycles. The van der Waals surface area contributed by atoms with Gasteiger partial charge in [-0.2, -0.15) is 0 Å². The van der Waals surface area contributed by atoms with E-state index in [2.05, 4.69) is 15.3 Å². The highest BCUT2D eigenvalue weighted by Gasteiger charge is 2.07. The summed E-state index contributed by atoms with van der Waals surface area (Å²) in [5, 5.41) is 2.92. The molecule has 0 bridgehead atoms. The quantitative estimate of drug-likeness (QED) is 0.905. The first-order valence-corrected chi connectivity index (χ1v) is 5.27. The fourth-order valence-corrected chi connectivity index (χ4v) is 1.34. The minimum absolute atomic E-state index is 0.111. The molecule has 0 amide bonds. The first-order valence-electron chi connectivity index (χ1n) is 5.27. The Morgan fingerprint density at radius 3 is 2.72 bits per heavy atom. The highest BCUT2D eigenvalue weighted by atomic mass is 19.1. The van der Waals surface area contributed by atoms with Crippen molar-refractivity contribution in [2.75, 3.05) is 7.05 Å². The molecule has 4 nitrogen and oxygen atoms in total. The van der Waals surface area contributed by atoms with Crippen molar-refractivity contribution in [1.29, 1.82) is 0 Å². The number of nitrogens with zero attached hydrogens (tertiary/aromatic N) is 2. The summed E-state index contributed by atoms with van der Waals surface area (Å²) in [5.74, 6) is -1.34. The highest BCUT2D eigenvalue weighted by Crippen LogP contribution is 2.23. The molecule has 1 aromatic heterocycles. The summed E-state index contributed by atoms with van der Waals surface area (Å²) in [4.78, 5) is 8.00. The molecule has 0 saturated heterocycles. The van der Waals surface area contributed by atoms with Crippen LogP contribution in [0, 0.1) is 11.6 Å². The van der Waals surface area contributed by atoms with Crippen LogP contribution in [-0.4, -0.2) is 17.0 Å². The van der Waals surface area contributed by atoms with Gasteiger partial charge in [-0.25, -0.2) is 13.8 Å². The molecular weight excluding hydrogens is 240 g/mol. The van der Waals surface area contributed by atoms with Gasteiger partial charge in [0.1, 0.15) is 5.82 Å². The third kappa shape index (κ3) is 2.98. The van der Waals surface area contributed by atoms with Crippen LogP contribution in [0.25, 0.3) is 0 Å². The van der Waals surface area contributed by atoms with Crippen LogP contribution < -0.4 is 10.1 Å². The Bertz CT molecular complexity index is 531. The Morgan fingerprint density at radius 1 is 1.22 bits per heavy atom. The molecule has 0 unspecified atom stereocenters. The number of benzene rings is 1. The summed E-state index contributed by atoms with van der Waals surface area (Å²) in [6.45, 7) is 0.571. The summed E-state index contributed by atoms with van der Waals surface area (Å²) in [6.07, 6.45) is 2.86. The molecule has 1 heterocycles. The summed E-state index contributed by atoms with van der Waals surface area (Å²) in [7, 11) is 1.79. The lowest BCUT2D eigenvalue weighted by molar-refractivity contribution is 0.420. The maximum absolute atomic E-state index is 13.3. The predicted molar refractivity (Wildman–Crippen MR) is 61.2 cm³/mol. The van der Waals surface area contributed by atoms with Crippen molar-refractivity contribution in [2.24, 2.45) is 0 Å². The van der Waals surface area contributed by atoms with Crippen LogP contribution in [0.4, 0.5) is 8.78 Å². The molecule has 2 aromatic rings. The third-order valence-electron chi connectivity index (χ3n) is 2.15. The number of aromatic nitrogens is 2. The zero-order valence-electron chi connectivity index (χ0n) is 9.65. The monoisotopic (exact) mass is 251 g/mol. The van der Waals surface area contributed by atoms with E-state index in [1.807, 2.05) is 0 Å². The van der Waals surface area contributed by atoms with Crippen LogP contribution in [0.5, 0.6) is 11.6 Å². The van der Waals surface area contributed by atoms with E-state index in [0.29, 0.717) is 6.54 Å². The first kappa shape index (κ1) is 12.4. The topological polar surface area (TPSA) is 47.0 Å². The van der Waals surface area contributed by atoms with Gasteiger partial charge < -0.3 is 10.1 Å². The van der Waals surface area contributed by atoms with Crippen molar-refractivity contribution in [1.82, 2.24) is 15.3 Å². The van der Waals surface area contributed by atoms with Gasteiger partial charge in [0.25, 0.3) is 0 Å². The van der Waals surface area contributed by atoms with Crippen molar-refractivity contribution in [3.05, 3.63) is 47.9 Å². The lowest BCUT2D eigenvalue weighted by atomic mass is 10.3. The number of hydrogen-bond acceptors (Lipinski definition) is 4. The number of halogens is 2. The summed E-state index contributed by atoms with van der Waals surface area (Å²) < 4.78 is 31.3. The van der Waals surface area contributed by atoms with Crippen molar-refractivity contribution in [3.8, 4) is 11.6 Å². The van der Waals surface area contributed by atoms with Crippen LogP contribution in [0.2, 0.25) is 0 Å². The molecule has 18 heavy (non-hydrogen) atoms. The smallest absolute Gasteiger partial charge is 0.237 e. The van der Waals surface area contributed by atoms with Crippen LogP contribution in [0.1, 0.15) is 5.69 Å². The largest absolute Gasteiger partial charge is 0.434 e. The molecule has 0 aliphatic rings. The van der Waals surface area contributed by atoms with Gasteiger partial charge in [0.05, 0.1) is 18.1 Å². The van der Waals surface area contributed by atoms with Crippen molar-refractivity contribution >= 4 is 0 Å². The Balaban J connectivity index is 2.15. The van der Waals surface area contributed by atoms with Gasteiger partial charge >= 0.3 is 0 Å². The normalized spacial score (nSPS) is 10.4. The van der Waals surface area contributed by atoms with E-state index >= 15 is 0 Å². The average Bonchev–Trinajstić information content (AvgIpc) is 2.37. The molecule has 0 fully saturated rings.